The zero-order valence-corrected chi connectivity index (χ0v) is 17.3. The Morgan fingerprint density at radius 3 is 2.76 bits per heavy atom. The molecule has 4 aromatic rings. The largest absolute Gasteiger partial charge is 0.388 e. The van der Waals surface area contributed by atoms with Gasteiger partial charge in [0.15, 0.2) is 0 Å². The highest BCUT2D eigenvalue weighted by molar-refractivity contribution is 5.85. The Morgan fingerprint density at radius 2 is 1.86 bits per heavy atom. The van der Waals surface area contributed by atoms with E-state index < -0.39 is 6.10 Å². The number of pyridine rings is 2. The van der Waals surface area contributed by atoms with Crippen LogP contribution in [-0.4, -0.2) is 26.1 Å². The lowest BCUT2D eigenvalue weighted by molar-refractivity contribution is 0.164. The second-order valence-electron chi connectivity index (χ2n) is 7.45. The summed E-state index contributed by atoms with van der Waals surface area (Å²) in [6, 6.07) is 10.9. The Bertz CT molecular complexity index is 1060. The highest BCUT2D eigenvalue weighted by Gasteiger charge is 2.13. The summed E-state index contributed by atoms with van der Waals surface area (Å²) < 4.78 is 0. The van der Waals surface area contributed by atoms with E-state index in [1.54, 1.807) is 12.4 Å². The van der Waals surface area contributed by atoms with Crippen LogP contribution in [0.1, 0.15) is 43.4 Å². The van der Waals surface area contributed by atoms with E-state index in [1.807, 2.05) is 30.7 Å². The number of aliphatic hydroxyl groups excluding tert-OH is 1. The molecule has 3 heterocycles. The fourth-order valence-electron chi connectivity index (χ4n) is 3.68. The number of nitrogens with one attached hydrogen (secondary N) is 2. The molecule has 0 aliphatic carbocycles. The molecule has 0 bridgehead atoms. The molecule has 4 rings (SSSR count). The second kappa shape index (κ2) is 9.83. The van der Waals surface area contributed by atoms with Gasteiger partial charge in [-0.3, -0.25) is 9.97 Å². The average molecular weight is 411 g/mol. The predicted octanol–water partition coefficient (Wildman–Crippen LogP) is 4.91. The van der Waals surface area contributed by atoms with Crippen LogP contribution in [0, 0.1) is 0 Å². The van der Waals surface area contributed by atoms with Crippen molar-refractivity contribution in [3.05, 3.63) is 72.4 Å². The molecule has 3 N–H and O–H groups in total. The molecule has 29 heavy (non-hydrogen) atoms. The van der Waals surface area contributed by atoms with Crippen LogP contribution in [0.5, 0.6) is 0 Å². The molecule has 5 nitrogen and oxygen atoms in total. The quantitative estimate of drug-likeness (QED) is 0.385. The van der Waals surface area contributed by atoms with Crippen molar-refractivity contribution in [2.75, 3.05) is 0 Å². The van der Waals surface area contributed by atoms with E-state index in [-0.39, 0.29) is 12.4 Å². The summed E-state index contributed by atoms with van der Waals surface area (Å²) in [6.45, 7) is 3.05. The van der Waals surface area contributed by atoms with E-state index in [9.17, 15) is 5.11 Å². The van der Waals surface area contributed by atoms with Gasteiger partial charge in [-0.2, -0.15) is 0 Å². The van der Waals surface area contributed by atoms with Crippen molar-refractivity contribution in [2.24, 2.45) is 0 Å². The fraction of sp³-hybridized carbons (Fsp3) is 0.304. The first-order chi connectivity index (χ1) is 13.7. The van der Waals surface area contributed by atoms with Gasteiger partial charge >= 0.3 is 0 Å². The third-order valence-corrected chi connectivity index (χ3v) is 5.35. The molecule has 152 valence electrons. The molecule has 3 aromatic heterocycles. The number of hydrogen-bond donors (Lipinski definition) is 3. The summed E-state index contributed by atoms with van der Waals surface area (Å²) in [5.41, 5.74) is 3.21. The fourth-order valence-corrected chi connectivity index (χ4v) is 3.68. The number of benzene rings is 1. The van der Waals surface area contributed by atoms with Gasteiger partial charge in [-0.25, -0.2) is 0 Å². The Morgan fingerprint density at radius 1 is 1.03 bits per heavy atom. The zero-order chi connectivity index (χ0) is 19.3. The first-order valence-electron chi connectivity index (χ1n) is 9.86. The number of H-pyrrole nitrogens is 1. The average Bonchev–Trinajstić information content (AvgIpc) is 3.16. The zero-order valence-electron chi connectivity index (χ0n) is 16.5. The molecular formula is C23H27ClN4O. The molecule has 0 aliphatic rings. The summed E-state index contributed by atoms with van der Waals surface area (Å²) in [6.07, 6.45) is 11.5. The van der Waals surface area contributed by atoms with Crippen LogP contribution in [0.2, 0.25) is 0 Å². The Labute approximate surface area is 177 Å². The second-order valence-corrected chi connectivity index (χ2v) is 7.45. The summed E-state index contributed by atoms with van der Waals surface area (Å²) in [5.74, 6) is 0. The molecule has 0 fully saturated rings. The van der Waals surface area contributed by atoms with Crippen molar-refractivity contribution in [3.8, 4) is 0 Å². The van der Waals surface area contributed by atoms with Crippen LogP contribution in [0.25, 0.3) is 21.7 Å². The molecule has 0 saturated heterocycles. The molecular weight excluding hydrogens is 384 g/mol. The maximum absolute atomic E-state index is 10.6. The van der Waals surface area contributed by atoms with E-state index in [0.29, 0.717) is 6.04 Å². The van der Waals surface area contributed by atoms with Gasteiger partial charge in [0.25, 0.3) is 0 Å². The van der Waals surface area contributed by atoms with Crippen LogP contribution < -0.4 is 5.32 Å². The highest BCUT2D eigenvalue weighted by Crippen LogP contribution is 2.27. The van der Waals surface area contributed by atoms with E-state index >= 15 is 0 Å². The van der Waals surface area contributed by atoms with Crippen LogP contribution in [-0.2, 0) is 6.54 Å². The molecule has 0 spiro atoms. The minimum absolute atomic E-state index is 0. The smallest absolute Gasteiger partial charge is 0.0810 e. The van der Waals surface area contributed by atoms with Crippen molar-refractivity contribution >= 4 is 34.1 Å². The SMILES string of the molecule is C[C@H](CCCC(O)c1c[nH]c2cnccc12)NCc1ccc2cnccc2c1.Cl. The highest BCUT2D eigenvalue weighted by atomic mass is 35.5. The van der Waals surface area contributed by atoms with E-state index in [0.717, 1.165) is 42.3 Å². The molecule has 6 heteroatoms. The number of halogens is 1. The number of nitrogens with zero attached hydrogens (tertiary/aromatic N) is 2. The van der Waals surface area contributed by atoms with Crippen LogP contribution in [0.4, 0.5) is 0 Å². The number of aliphatic hydroxyl groups is 1. The van der Waals surface area contributed by atoms with Gasteiger partial charge in [-0.05, 0) is 55.3 Å². The van der Waals surface area contributed by atoms with Crippen molar-refractivity contribution in [1.82, 2.24) is 20.3 Å². The standard InChI is InChI=1S/C23H26N4O.ClH/c1-16(26-12-17-5-6-19-13-24-9-7-18(19)11-17)3-2-4-23(28)21-14-27-22-15-25-10-8-20(21)22;/h5-11,13-16,23,26-28H,2-4,12H2,1H3;1H/t16-,23?;/m1./s1. The van der Waals surface area contributed by atoms with Gasteiger partial charge < -0.3 is 15.4 Å². The van der Waals surface area contributed by atoms with Crippen LogP contribution in [0.3, 0.4) is 0 Å². The van der Waals surface area contributed by atoms with Gasteiger partial charge in [-0.15, -0.1) is 12.4 Å². The number of aromatic nitrogens is 3. The third-order valence-electron chi connectivity index (χ3n) is 5.35. The number of rotatable bonds is 8. The third kappa shape index (κ3) is 5.12. The number of fused-ring (bicyclic) bond motifs is 2. The van der Waals surface area contributed by atoms with E-state index in [2.05, 4.69) is 45.4 Å². The van der Waals surface area contributed by atoms with E-state index in [4.69, 9.17) is 0 Å². The minimum Gasteiger partial charge on any atom is -0.388 e. The van der Waals surface area contributed by atoms with Gasteiger partial charge in [0.05, 0.1) is 17.8 Å². The lowest BCUT2D eigenvalue weighted by Crippen LogP contribution is -2.25. The summed E-state index contributed by atoms with van der Waals surface area (Å²) in [4.78, 5) is 11.4. The summed E-state index contributed by atoms with van der Waals surface area (Å²) >= 11 is 0. The molecule has 0 saturated carbocycles. The lowest BCUT2D eigenvalue weighted by Gasteiger charge is -2.16. The van der Waals surface area contributed by atoms with Crippen LogP contribution >= 0.6 is 12.4 Å². The minimum atomic E-state index is -0.447. The van der Waals surface area contributed by atoms with Crippen molar-refractivity contribution in [3.63, 3.8) is 0 Å². The number of aromatic amines is 1. The Balaban J connectivity index is 0.00000240. The number of hydrogen-bond acceptors (Lipinski definition) is 4. The summed E-state index contributed by atoms with van der Waals surface area (Å²) in [5, 5.41) is 17.6. The first kappa shape index (κ1) is 21.2. The maximum Gasteiger partial charge on any atom is 0.0810 e. The Kier molecular flexibility index (Phi) is 7.20. The van der Waals surface area contributed by atoms with Crippen LogP contribution in [0.15, 0.2) is 61.3 Å². The molecule has 0 radical (unpaired) electrons. The maximum atomic E-state index is 10.6. The van der Waals surface area contributed by atoms with Gasteiger partial charge in [0.2, 0.25) is 0 Å². The normalized spacial score (nSPS) is 13.3. The molecule has 2 atom stereocenters. The topological polar surface area (TPSA) is 73.8 Å². The van der Waals surface area contributed by atoms with Gasteiger partial charge in [0, 0.05) is 53.7 Å². The van der Waals surface area contributed by atoms with Crippen molar-refractivity contribution in [1.29, 1.82) is 0 Å². The van der Waals surface area contributed by atoms with Crippen molar-refractivity contribution < 1.29 is 5.11 Å². The first-order valence-corrected chi connectivity index (χ1v) is 9.86. The Hall–Kier alpha value is -2.47. The predicted molar refractivity (Wildman–Crippen MR) is 120 cm³/mol. The molecule has 0 aliphatic heterocycles. The molecule has 1 aromatic carbocycles. The van der Waals surface area contributed by atoms with E-state index in [1.165, 1.54) is 16.3 Å². The molecule has 1 unspecified atom stereocenters. The summed E-state index contributed by atoms with van der Waals surface area (Å²) in [7, 11) is 0. The van der Waals surface area contributed by atoms with Crippen molar-refractivity contribution in [2.45, 2.75) is 44.9 Å². The monoisotopic (exact) mass is 410 g/mol. The van der Waals surface area contributed by atoms with Gasteiger partial charge in [0.1, 0.15) is 0 Å². The van der Waals surface area contributed by atoms with Gasteiger partial charge in [-0.1, -0.05) is 12.1 Å². The lowest BCUT2D eigenvalue weighted by atomic mass is 10.0. The molecule has 0 amide bonds.